The van der Waals surface area contributed by atoms with Gasteiger partial charge in [0.25, 0.3) is 0 Å². The molecule has 0 heterocycles. The first kappa shape index (κ1) is 17.0. The van der Waals surface area contributed by atoms with Gasteiger partial charge in [-0.3, -0.25) is 0 Å². The van der Waals surface area contributed by atoms with Crippen molar-refractivity contribution in [3.8, 4) is 5.75 Å². The standard InChI is InChI=1S/C18H31NO/c1-5-11-19(12-6-2)14-15(4)18(7-3)16-9-8-10-17(20)13-16/h8-10,13,15,18,20H,5-7,11-12,14H2,1-4H3. The zero-order valence-electron chi connectivity index (χ0n) is 13.6. The topological polar surface area (TPSA) is 23.5 Å². The first-order valence-corrected chi connectivity index (χ1v) is 8.13. The van der Waals surface area contributed by atoms with Crippen LogP contribution in [0.4, 0.5) is 0 Å². The van der Waals surface area contributed by atoms with Gasteiger partial charge in [0.1, 0.15) is 5.75 Å². The van der Waals surface area contributed by atoms with Crippen molar-refractivity contribution in [3.63, 3.8) is 0 Å². The first-order chi connectivity index (χ1) is 9.62. The van der Waals surface area contributed by atoms with Gasteiger partial charge >= 0.3 is 0 Å². The lowest BCUT2D eigenvalue weighted by atomic mass is 9.84. The van der Waals surface area contributed by atoms with Crippen molar-refractivity contribution >= 4 is 0 Å². The van der Waals surface area contributed by atoms with Crippen LogP contribution in [0.25, 0.3) is 0 Å². The Bertz CT molecular complexity index is 371. The summed E-state index contributed by atoms with van der Waals surface area (Å²) in [5.41, 5.74) is 1.27. The highest BCUT2D eigenvalue weighted by Crippen LogP contribution is 2.30. The van der Waals surface area contributed by atoms with Gasteiger partial charge in [-0.15, -0.1) is 0 Å². The van der Waals surface area contributed by atoms with Gasteiger partial charge in [0, 0.05) is 6.54 Å². The minimum absolute atomic E-state index is 0.382. The fourth-order valence-corrected chi connectivity index (χ4v) is 3.18. The zero-order valence-corrected chi connectivity index (χ0v) is 13.6. The molecule has 0 aliphatic rings. The molecule has 2 atom stereocenters. The Morgan fingerprint density at radius 1 is 1.10 bits per heavy atom. The molecule has 0 aromatic heterocycles. The van der Waals surface area contributed by atoms with E-state index in [2.05, 4.69) is 38.7 Å². The molecular formula is C18H31NO. The highest BCUT2D eigenvalue weighted by Gasteiger charge is 2.20. The Morgan fingerprint density at radius 2 is 1.75 bits per heavy atom. The number of aromatic hydroxyl groups is 1. The van der Waals surface area contributed by atoms with Gasteiger partial charge in [-0.2, -0.15) is 0 Å². The normalized spacial score (nSPS) is 14.4. The van der Waals surface area contributed by atoms with Crippen LogP contribution in [-0.4, -0.2) is 29.6 Å². The van der Waals surface area contributed by atoms with E-state index in [4.69, 9.17) is 0 Å². The Morgan fingerprint density at radius 3 is 2.25 bits per heavy atom. The number of hydrogen-bond donors (Lipinski definition) is 1. The van der Waals surface area contributed by atoms with Gasteiger partial charge in [0.05, 0.1) is 0 Å². The molecule has 0 amide bonds. The monoisotopic (exact) mass is 277 g/mol. The predicted molar refractivity (Wildman–Crippen MR) is 87.3 cm³/mol. The average molecular weight is 277 g/mol. The molecule has 0 aliphatic heterocycles. The molecule has 1 rings (SSSR count). The molecule has 0 saturated carbocycles. The summed E-state index contributed by atoms with van der Waals surface area (Å²) < 4.78 is 0. The largest absolute Gasteiger partial charge is 0.508 e. The second kappa shape index (κ2) is 9.02. The van der Waals surface area contributed by atoms with Crippen LogP contribution in [-0.2, 0) is 0 Å². The SMILES string of the molecule is CCCN(CCC)CC(C)C(CC)c1cccc(O)c1. The van der Waals surface area contributed by atoms with Crippen LogP contribution >= 0.6 is 0 Å². The molecule has 0 bridgehead atoms. The molecule has 1 N–H and O–H groups in total. The van der Waals surface area contributed by atoms with Crippen molar-refractivity contribution in [2.24, 2.45) is 5.92 Å². The third-order valence-corrected chi connectivity index (χ3v) is 4.05. The van der Waals surface area contributed by atoms with Crippen LogP contribution in [0.2, 0.25) is 0 Å². The number of rotatable bonds is 9. The van der Waals surface area contributed by atoms with Crippen molar-refractivity contribution in [1.82, 2.24) is 4.90 Å². The molecule has 0 radical (unpaired) electrons. The maximum absolute atomic E-state index is 9.68. The number of phenolic OH excluding ortho intramolecular Hbond substituents is 1. The third-order valence-electron chi connectivity index (χ3n) is 4.05. The van der Waals surface area contributed by atoms with E-state index in [1.165, 1.54) is 31.5 Å². The van der Waals surface area contributed by atoms with Crippen molar-refractivity contribution in [2.75, 3.05) is 19.6 Å². The van der Waals surface area contributed by atoms with Crippen molar-refractivity contribution < 1.29 is 5.11 Å². The van der Waals surface area contributed by atoms with Crippen LogP contribution in [0.1, 0.15) is 58.4 Å². The van der Waals surface area contributed by atoms with E-state index in [9.17, 15) is 5.11 Å². The fourth-order valence-electron chi connectivity index (χ4n) is 3.18. The minimum Gasteiger partial charge on any atom is -0.508 e. The van der Waals surface area contributed by atoms with Crippen molar-refractivity contribution in [2.45, 2.75) is 52.9 Å². The van der Waals surface area contributed by atoms with Crippen LogP contribution in [0.15, 0.2) is 24.3 Å². The van der Waals surface area contributed by atoms with Gasteiger partial charge in [0.15, 0.2) is 0 Å². The maximum atomic E-state index is 9.68. The molecular weight excluding hydrogens is 246 g/mol. The van der Waals surface area contributed by atoms with Crippen LogP contribution in [0, 0.1) is 5.92 Å². The number of nitrogens with zero attached hydrogens (tertiary/aromatic N) is 1. The molecule has 2 heteroatoms. The number of phenols is 1. The van der Waals surface area contributed by atoms with E-state index in [1.807, 2.05) is 12.1 Å². The average Bonchev–Trinajstić information content (AvgIpc) is 2.40. The Balaban J connectivity index is 2.73. The van der Waals surface area contributed by atoms with E-state index in [1.54, 1.807) is 6.07 Å². The number of benzene rings is 1. The Hall–Kier alpha value is -1.02. The van der Waals surface area contributed by atoms with Crippen LogP contribution in [0.5, 0.6) is 5.75 Å². The molecule has 0 saturated heterocycles. The Labute approximate surface area is 124 Å². The van der Waals surface area contributed by atoms with Gasteiger partial charge in [-0.25, -0.2) is 0 Å². The summed E-state index contributed by atoms with van der Waals surface area (Å²) in [6.45, 7) is 12.6. The molecule has 2 nitrogen and oxygen atoms in total. The quantitative estimate of drug-likeness (QED) is 0.710. The summed E-state index contributed by atoms with van der Waals surface area (Å²) in [6.07, 6.45) is 3.56. The lowest BCUT2D eigenvalue weighted by Crippen LogP contribution is -2.32. The van der Waals surface area contributed by atoms with E-state index in [0.717, 1.165) is 13.0 Å². The van der Waals surface area contributed by atoms with E-state index in [-0.39, 0.29) is 0 Å². The lowest BCUT2D eigenvalue weighted by Gasteiger charge is -2.30. The number of hydrogen-bond acceptors (Lipinski definition) is 2. The van der Waals surface area contributed by atoms with Crippen molar-refractivity contribution in [3.05, 3.63) is 29.8 Å². The summed E-state index contributed by atoms with van der Waals surface area (Å²) >= 11 is 0. The molecule has 20 heavy (non-hydrogen) atoms. The molecule has 1 aromatic carbocycles. The van der Waals surface area contributed by atoms with E-state index in [0.29, 0.717) is 17.6 Å². The molecule has 0 fully saturated rings. The fraction of sp³-hybridized carbons (Fsp3) is 0.667. The van der Waals surface area contributed by atoms with Gasteiger partial charge in [-0.05, 0) is 61.9 Å². The van der Waals surface area contributed by atoms with Gasteiger partial charge in [-0.1, -0.05) is 39.8 Å². The molecule has 0 spiro atoms. The summed E-state index contributed by atoms with van der Waals surface area (Å²) in [7, 11) is 0. The summed E-state index contributed by atoms with van der Waals surface area (Å²) in [4.78, 5) is 2.58. The van der Waals surface area contributed by atoms with Gasteiger partial charge in [0.2, 0.25) is 0 Å². The zero-order chi connectivity index (χ0) is 15.0. The highest BCUT2D eigenvalue weighted by molar-refractivity contribution is 5.30. The summed E-state index contributed by atoms with van der Waals surface area (Å²) in [5, 5.41) is 9.68. The summed E-state index contributed by atoms with van der Waals surface area (Å²) in [5.74, 6) is 1.52. The first-order valence-electron chi connectivity index (χ1n) is 8.13. The van der Waals surface area contributed by atoms with Crippen molar-refractivity contribution in [1.29, 1.82) is 0 Å². The van der Waals surface area contributed by atoms with E-state index >= 15 is 0 Å². The molecule has 114 valence electrons. The molecule has 1 aromatic rings. The third kappa shape index (κ3) is 5.16. The maximum Gasteiger partial charge on any atom is 0.115 e. The second-order valence-corrected chi connectivity index (χ2v) is 5.89. The van der Waals surface area contributed by atoms with Gasteiger partial charge < -0.3 is 10.0 Å². The highest BCUT2D eigenvalue weighted by atomic mass is 16.3. The minimum atomic E-state index is 0.382. The summed E-state index contributed by atoms with van der Waals surface area (Å²) in [6, 6.07) is 7.78. The van der Waals surface area contributed by atoms with Crippen LogP contribution < -0.4 is 0 Å². The lowest BCUT2D eigenvalue weighted by molar-refractivity contribution is 0.220. The second-order valence-electron chi connectivity index (χ2n) is 5.89. The van der Waals surface area contributed by atoms with E-state index < -0.39 is 0 Å². The Kier molecular flexibility index (Phi) is 7.68. The predicted octanol–water partition coefficient (Wildman–Crippen LogP) is 4.64. The molecule has 2 unspecified atom stereocenters. The van der Waals surface area contributed by atoms with Crippen LogP contribution in [0.3, 0.4) is 0 Å². The molecule has 0 aliphatic carbocycles. The smallest absolute Gasteiger partial charge is 0.115 e.